The lowest BCUT2D eigenvalue weighted by atomic mass is 9.99. The number of esters is 1. The van der Waals surface area contributed by atoms with Crippen LogP contribution in [0.15, 0.2) is 36.4 Å². The van der Waals surface area contributed by atoms with E-state index in [1.54, 1.807) is 0 Å². The summed E-state index contributed by atoms with van der Waals surface area (Å²) in [6.45, 7) is 3.19. The summed E-state index contributed by atoms with van der Waals surface area (Å²) in [5.41, 5.74) is 0.0866. The summed E-state index contributed by atoms with van der Waals surface area (Å²) >= 11 is 0. The van der Waals surface area contributed by atoms with Crippen molar-refractivity contribution in [3.8, 4) is 11.5 Å². The quantitative estimate of drug-likeness (QED) is 0.358. The van der Waals surface area contributed by atoms with E-state index in [0.29, 0.717) is 37.5 Å². The fraction of sp³-hybridized carbons (Fsp3) is 0.525. The Bertz CT molecular complexity index is 1980. The molecule has 0 spiro atoms. The maximum Gasteiger partial charge on any atom is 0.328 e. The molecule has 7 atom stereocenters. The van der Waals surface area contributed by atoms with Gasteiger partial charge >= 0.3 is 5.97 Å². The second-order valence-corrected chi connectivity index (χ2v) is 15.6. The number of amides is 6. The van der Waals surface area contributed by atoms with Crippen molar-refractivity contribution >= 4 is 41.4 Å². The summed E-state index contributed by atoms with van der Waals surface area (Å²) in [6, 6.07) is -0.105. The Morgan fingerprint density at radius 3 is 2.29 bits per heavy atom. The number of ether oxygens (including phenoxy) is 3. The van der Waals surface area contributed by atoms with Gasteiger partial charge in [0.1, 0.15) is 54.5 Å². The van der Waals surface area contributed by atoms with Gasteiger partial charge in [-0.3, -0.25) is 28.8 Å². The highest BCUT2D eigenvalue weighted by atomic mass is 19.1. The molecule has 58 heavy (non-hydrogen) atoms. The number of cyclic esters (lactones) is 1. The zero-order chi connectivity index (χ0) is 41.2. The van der Waals surface area contributed by atoms with Gasteiger partial charge in [-0.05, 0) is 87.3 Å². The maximum atomic E-state index is 14.5. The fourth-order valence-electron chi connectivity index (χ4n) is 8.44. The summed E-state index contributed by atoms with van der Waals surface area (Å²) in [6.07, 6.45) is 2.15. The Balaban J connectivity index is 1.20. The van der Waals surface area contributed by atoms with Crippen molar-refractivity contribution in [3.05, 3.63) is 59.2 Å². The predicted octanol–water partition coefficient (Wildman–Crippen LogP) is 1.19. The third-order valence-electron chi connectivity index (χ3n) is 11.3. The van der Waals surface area contributed by atoms with Crippen LogP contribution in [0, 0.1) is 17.6 Å². The molecule has 0 bridgehead atoms. The molecule has 4 fully saturated rings. The van der Waals surface area contributed by atoms with Gasteiger partial charge in [0.05, 0.1) is 0 Å². The molecule has 310 valence electrons. The lowest BCUT2D eigenvalue weighted by molar-refractivity contribution is -0.158. The molecule has 16 nitrogen and oxygen atoms in total. The summed E-state index contributed by atoms with van der Waals surface area (Å²) in [5, 5.41) is 7.93. The number of carbonyl (C=O) groups excluding carboxylic acids is 7. The molecule has 4 saturated heterocycles. The summed E-state index contributed by atoms with van der Waals surface area (Å²) in [4.78, 5) is 102. The predicted molar refractivity (Wildman–Crippen MR) is 198 cm³/mol. The first-order chi connectivity index (χ1) is 27.8. The van der Waals surface area contributed by atoms with Gasteiger partial charge in [0.2, 0.25) is 36.3 Å². The lowest BCUT2D eigenvalue weighted by Gasteiger charge is -2.39. The number of halogens is 2. The van der Waals surface area contributed by atoms with Crippen molar-refractivity contribution in [2.45, 2.75) is 95.0 Å². The third-order valence-corrected chi connectivity index (χ3v) is 11.3. The Morgan fingerprint density at radius 1 is 0.810 bits per heavy atom. The first-order valence-corrected chi connectivity index (χ1v) is 19.6. The largest absolute Gasteiger partial charge is 0.461 e. The molecule has 0 aliphatic carbocycles. The van der Waals surface area contributed by atoms with Crippen LogP contribution in [-0.4, -0.2) is 125 Å². The molecule has 2 aromatic rings. The number of fused-ring (bicyclic) bond motifs is 4. The van der Waals surface area contributed by atoms with Crippen molar-refractivity contribution in [1.82, 2.24) is 30.7 Å². The minimum Gasteiger partial charge on any atom is -0.461 e. The molecular weight excluding hydrogens is 762 g/mol. The van der Waals surface area contributed by atoms with Crippen molar-refractivity contribution in [2.24, 2.45) is 5.92 Å². The van der Waals surface area contributed by atoms with E-state index in [2.05, 4.69) is 16.0 Å². The number of piperidine rings is 1. The van der Waals surface area contributed by atoms with E-state index in [-0.39, 0.29) is 62.1 Å². The Morgan fingerprint density at radius 2 is 1.52 bits per heavy atom. The van der Waals surface area contributed by atoms with Gasteiger partial charge < -0.3 is 44.9 Å². The highest BCUT2D eigenvalue weighted by Crippen LogP contribution is 2.33. The lowest BCUT2D eigenvalue weighted by Crippen LogP contribution is -2.62. The van der Waals surface area contributed by atoms with E-state index in [9.17, 15) is 42.3 Å². The van der Waals surface area contributed by atoms with Crippen LogP contribution in [0.4, 0.5) is 8.78 Å². The zero-order valence-electron chi connectivity index (χ0n) is 32.2. The number of hydrogen-bond acceptors (Lipinski definition) is 10. The number of rotatable bonds is 6. The number of nitrogens with zero attached hydrogens (tertiary/aromatic N) is 3. The molecule has 5 aliphatic heterocycles. The van der Waals surface area contributed by atoms with E-state index in [1.165, 1.54) is 39.8 Å². The van der Waals surface area contributed by atoms with Crippen molar-refractivity contribution < 1.29 is 56.6 Å². The number of carbonyl (C=O) groups is 7. The smallest absolute Gasteiger partial charge is 0.328 e. The number of benzene rings is 2. The topological polar surface area (TPSA) is 193 Å². The normalized spacial score (nSPS) is 27.0. The van der Waals surface area contributed by atoms with Crippen LogP contribution in [0.3, 0.4) is 0 Å². The minimum absolute atomic E-state index is 0.0130. The molecule has 2 aromatic carbocycles. The highest BCUT2D eigenvalue weighted by molar-refractivity contribution is 6.00. The van der Waals surface area contributed by atoms with Crippen LogP contribution in [0.2, 0.25) is 0 Å². The van der Waals surface area contributed by atoms with Crippen molar-refractivity contribution in [3.63, 3.8) is 0 Å². The highest BCUT2D eigenvalue weighted by Gasteiger charge is 2.46. The molecule has 7 rings (SSSR count). The molecular formula is C40H46F2N6O10. The first-order valence-electron chi connectivity index (χ1n) is 19.6. The molecule has 0 radical (unpaired) electrons. The van der Waals surface area contributed by atoms with Crippen LogP contribution < -0.4 is 25.4 Å². The van der Waals surface area contributed by atoms with Gasteiger partial charge in [0.15, 0.2) is 11.5 Å². The van der Waals surface area contributed by atoms with Crippen molar-refractivity contribution in [1.29, 1.82) is 0 Å². The van der Waals surface area contributed by atoms with E-state index in [1.807, 2.05) is 6.92 Å². The second kappa shape index (κ2) is 17.0. The molecule has 0 aromatic heterocycles. The van der Waals surface area contributed by atoms with Crippen LogP contribution in [-0.2, 0) is 39.9 Å². The molecule has 5 aliphatic rings. The maximum absolute atomic E-state index is 14.5. The van der Waals surface area contributed by atoms with Gasteiger partial charge in [-0.15, -0.1) is 0 Å². The standard InChI is InChI=1S/C40H46F2N6O10/c1-21-12-31-40(55)56-19-28(38(53)47-11-5-7-30(47)39(54)46-10-4-3-6-29(46)36(51)43-22(2)37(52)48(31)18-21)45-35(50)27(15-23-13-25(41)17-26(42)14-23)44-34(49)24-8-9-32-33(16-24)58-20-57-32/h8-9,13-14,16-17,21-22,27-31H,3-7,10-12,15,18-20H2,1-2H3,(H,43,51)(H,44,49)(H,45,50)/t21-,22+,27+,28+,29+,30?,31+/m1/s1. The zero-order valence-corrected chi connectivity index (χ0v) is 32.2. The summed E-state index contributed by atoms with van der Waals surface area (Å²) in [7, 11) is 0. The van der Waals surface area contributed by atoms with Gasteiger partial charge in [0, 0.05) is 37.7 Å². The van der Waals surface area contributed by atoms with Gasteiger partial charge in [-0.2, -0.15) is 0 Å². The number of nitrogens with one attached hydrogen (secondary N) is 3. The second-order valence-electron chi connectivity index (χ2n) is 15.6. The SMILES string of the molecule is C[C@@H]1C[C@H]2C(=O)OC[C@H](NC(=O)[C@H](Cc3cc(F)cc(F)c3)NC(=O)c3ccc4c(c3)OCO4)C(=O)N3CCCC3C(=O)N3CCCC[C@H]3C(=O)N[C@@H](C)C(=O)N2C1. The van der Waals surface area contributed by atoms with Crippen LogP contribution >= 0.6 is 0 Å². The van der Waals surface area contributed by atoms with Gasteiger partial charge in [-0.25, -0.2) is 13.6 Å². The molecule has 3 N–H and O–H groups in total. The van der Waals surface area contributed by atoms with Crippen LogP contribution in [0.1, 0.15) is 68.3 Å². The molecule has 18 heteroatoms. The van der Waals surface area contributed by atoms with Crippen LogP contribution in [0.25, 0.3) is 0 Å². The molecule has 5 heterocycles. The summed E-state index contributed by atoms with van der Waals surface area (Å²) < 4.78 is 45.0. The third kappa shape index (κ3) is 8.55. The fourth-order valence-corrected chi connectivity index (χ4v) is 8.44. The molecule has 1 unspecified atom stereocenters. The average Bonchev–Trinajstić information content (AvgIpc) is 3.97. The van der Waals surface area contributed by atoms with E-state index in [4.69, 9.17) is 14.2 Å². The average molecular weight is 809 g/mol. The number of hydrogen-bond donors (Lipinski definition) is 3. The van der Waals surface area contributed by atoms with Crippen molar-refractivity contribution in [2.75, 3.05) is 33.0 Å². The molecule has 6 amide bonds. The van der Waals surface area contributed by atoms with Crippen LogP contribution in [0.5, 0.6) is 11.5 Å². The van der Waals surface area contributed by atoms with E-state index >= 15 is 0 Å². The van der Waals surface area contributed by atoms with E-state index in [0.717, 1.165) is 12.1 Å². The monoisotopic (exact) mass is 808 g/mol. The Labute approximate surface area is 332 Å². The van der Waals surface area contributed by atoms with Gasteiger partial charge in [0.25, 0.3) is 5.91 Å². The van der Waals surface area contributed by atoms with Gasteiger partial charge in [-0.1, -0.05) is 6.92 Å². The molecule has 0 saturated carbocycles. The Hall–Kier alpha value is -5.81. The first kappa shape index (κ1) is 40.4. The summed E-state index contributed by atoms with van der Waals surface area (Å²) in [5.74, 6) is -6.07. The Kier molecular flexibility index (Phi) is 11.8. The minimum atomic E-state index is -1.60. The van der Waals surface area contributed by atoms with E-state index < -0.39 is 102 Å².